The molecule has 1 heterocycles. The van der Waals surface area contributed by atoms with Crippen LogP contribution in [0.3, 0.4) is 0 Å². The normalized spacial score (nSPS) is 10.5. The third kappa shape index (κ3) is 4.08. The van der Waals surface area contributed by atoms with Crippen LogP contribution in [0.5, 0.6) is 0 Å². The fourth-order valence-electron chi connectivity index (χ4n) is 1.25. The topological polar surface area (TPSA) is 34.9 Å². The van der Waals surface area contributed by atoms with Gasteiger partial charge in [0, 0.05) is 12.7 Å². The SMILES string of the molecule is CCCSCC(=O)c1cnn(CCC)c1. The molecule has 15 heavy (non-hydrogen) atoms. The zero-order valence-electron chi connectivity index (χ0n) is 9.40. The molecule has 0 saturated heterocycles. The van der Waals surface area contributed by atoms with Gasteiger partial charge in [-0.15, -0.1) is 0 Å². The lowest BCUT2D eigenvalue weighted by Crippen LogP contribution is -2.02. The Hall–Kier alpha value is -0.770. The summed E-state index contributed by atoms with van der Waals surface area (Å²) in [6.45, 7) is 5.10. The Balaban J connectivity index is 2.43. The highest BCUT2D eigenvalue weighted by Crippen LogP contribution is 2.08. The molecule has 0 aromatic carbocycles. The largest absolute Gasteiger partial charge is 0.293 e. The van der Waals surface area contributed by atoms with Crippen LogP contribution in [0.15, 0.2) is 12.4 Å². The van der Waals surface area contributed by atoms with Gasteiger partial charge in [-0.3, -0.25) is 9.48 Å². The van der Waals surface area contributed by atoms with Crippen molar-refractivity contribution in [3.63, 3.8) is 0 Å². The van der Waals surface area contributed by atoms with Gasteiger partial charge in [0.2, 0.25) is 0 Å². The van der Waals surface area contributed by atoms with Gasteiger partial charge in [-0.1, -0.05) is 13.8 Å². The third-order valence-electron chi connectivity index (χ3n) is 1.99. The summed E-state index contributed by atoms with van der Waals surface area (Å²) in [6.07, 6.45) is 5.68. The van der Waals surface area contributed by atoms with Crippen LogP contribution in [0.2, 0.25) is 0 Å². The number of thioether (sulfide) groups is 1. The van der Waals surface area contributed by atoms with Gasteiger partial charge < -0.3 is 0 Å². The van der Waals surface area contributed by atoms with Gasteiger partial charge in [0.1, 0.15) is 0 Å². The molecule has 0 aliphatic rings. The summed E-state index contributed by atoms with van der Waals surface area (Å²) in [4.78, 5) is 11.7. The Labute approximate surface area is 95.2 Å². The summed E-state index contributed by atoms with van der Waals surface area (Å²) in [7, 11) is 0. The van der Waals surface area contributed by atoms with E-state index in [-0.39, 0.29) is 5.78 Å². The molecular formula is C11H18N2OS. The van der Waals surface area contributed by atoms with Crippen LogP contribution in [-0.4, -0.2) is 27.1 Å². The van der Waals surface area contributed by atoms with E-state index in [1.165, 1.54) is 0 Å². The highest BCUT2D eigenvalue weighted by Gasteiger charge is 2.07. The lowest BCUT2D eigenvalue weighted by molar-refractivity contribution is 0.102. The highest BCUT2D eigenvalue weighted by molar-refractivity contribution is 7.99. The van der Waals surface area contributed by atoms with Crippen LogP contribution in [0.4, 0.5) is 0 Å². The molecule has 0 N–H and O–H groups in total. The van der Waals surface area contributed by atoms with E-state index >= 15 is 0 Å². The quantitative estimate of drug-likeness (QED) is 0.529. The van der Waals surface area contributed by atoms with E-state index in [0.717, 1.165) is 30.7 Å². The van der Waals surface area contributed by atoms with Crippen LogP contribution in [0, 0.1) is 0 Å². The molecule has 1 rings (SSSR count). The summed E-state index contributed by atoms with van der Waals surface area (Å²) in [5.41, 5.74) is 0.743. The zero-order chi connectivity index (χ0) is 11.1. The lowest BCUT2D eigenvalue weighted by Gasteiger charge is -1.97. The standard InChI is InChI=1S/C11H18N2OS/c1-3-5-13-8-10(7-12-13)11(14)9-15-6-4-2/h7-8H,3-6,9H2,1-2H3. The predicted molar refractivity (Wildman–Crippen MR) is 64.5 cm³/mol. The van der Waals surface area contributed by atoms with Crippen molar-refractivity contribution in [1.82, 2.24) is 9.78 Å². The Morgan fingerprint density at radius 1 is 1.47 bits per heavy atom. The summed E-state index contributed by atoms with van der Waals surface area (Å²) in [5.74, 6) is 1.82. The van der Waals surface area contributed by atoms with E-state index in [2.05, 4.69) is 18.9 Å². The maximum Gasteiger partial charge on any atom is 0.175 e. The highest BCUT2D eigenvalue weighted by atomic mass is 32.2. The lowest BCUT2D eigenvalue weighted by atomic mass is 10.3. The Kier molecular flexibility index (Phi) is 5.47. The van der Waals surface area contributed by atoms with Crippen molar-refractivity contribution in [2.75, 3.05) is 11.5 Å². The van der Waals surface area contributed by atoms with Crippen LogP contribution in [-0.2, 0) is 6.54 Å². The van der Waals surface area contributed by atoms with Crippen molar-refractivity contribution in [3.8, 4) is 0 Å². The molecule has 1 aromatic heterocycles. The number of carbonyl (C=O) groups excluding carboxylic acids is 1. The number of Topliss-reactive ketones (excluding diaryl/α,β-unsaturated/α-hetero) is 1. The zero-order valence-corrected chi connectivity index (χ0v) is 10.2. The number of nitrogens with zero attached hydrogens (tertiary/aromatic N) is 2. The van der Waals surface area contributed by atoms with Gasteiger partial charge in [-0.25, -0.2) is 0 Å². The molecule has 0 atom stereocenters. The van der Waals surface area contributed by atoms with Crippen LogP contribution < -0.4 is 0 Å². The molecular weight excluding hydrogens is 208 g/mol. The van der Waals surface area contributed by atoms with E-state index in [9.17, 15) is 4.79 Å². The minimum atomic E-state index is 0.191. The molecule has 4 heteroatoms. The first-order valence-corrected chi connectivity index (χ1v) is 6.56. The van der Waals surface area contributed by atoms with E-state index in [0.29, 0.717) is 5.75 Å². The van der Waals surface area contributed by atoms with E-state index in [1.807, 2.05) is 10.9 Å². The van der Waals surface area contributed by atoms with Gasteiger partial charge in [0.05, 0.1) is 17.5 Å². The van der Waals surface area contributed by atoms with Crippen LogP contribution >= 0.6 is 11.8 Å². The first-order chi connectivity index (χ1) is 7.27. The Morgan fingerprint density at radius 2 is 2.27 bits per heavy atom. The molecule has 3 nitrogen and oxygen atoms in total. The first-order valence-electron chi connectivity index (χ1n) is 5.41. The molecule has 0 aliphatic carbocycles. The average Bonchev–Trinajstić information content (AvgIpc) is 2.67. The third-order valence-corrected chi connectivity index (χ3v) is 3.15. The molecule has 1 aromatic rings. The van der Waals surface area contributed by atoms with Gasteiger partial charge in [-0.2, -0.15) is 16.9 Å². The number of hydrogen-bond donors (Lipinski definition) is 0. The number of ketones is 1. The number of carbonyl (C=O) groups is 1. The van der Waals surface area contributed by atoms with Gasteiger partial charge >= 0.3 is 0 Å². The van der Waals surface area contributed by atoms with Crippen molar-refractivity contribution < 1.29 is 4.79 Å². The second kappa shape index (κ2) is 6.67. The number of rotatable bonds is 7. The van der Waals surface area contributed by atoms with Gasteiger partial charge in [-0.05, 0) is 18.6 Å². The molecule has 0 amide bonds. The van der Waals surface area contributed by atoms with Crippen LogP contribution in [0.1, 0.15) is 37.0 Å². The van der Waals surface area contributed by atoms with E-state index < -0.39 is 0 Å². The van der Waals surface area contributed by atoms with Gasteiger partial charge in [0.25, 0.3) is 0 Å². The molecule has 0 unspecified atom stereocenters. The maximum atomic E-state index is 11.7. The molecule has 0 fully saturated rings. The van der Waals surface area contributed by atoms with E-state index in [4.69, 9.17) is 0 Å². The predicted octanol–water partition coefficient (Wildman–Crippen LogP) is 2.62. The smallest absolute Gasteiger partial charge is 0.175 e. The molecule has 0 aliphatic heterocycles. The second-order valence-electron chi connectivity index (χ2n) is 3.47. The van der Waals surface area contributed by atoms with Crippen molar-refractivity contribution in [2.24, 2.45) is 0 Å². The molecule has 0 radical (unpaired) electrons. The maximum absolute atomic E-state index is 11.7. The minimum absolute atomic E-state index is 0.191. The fourth-order valence-corrected chi connectivity index (χ4v) is 2.04. The van der Waals surface area contributed by atoms with E-state index in [1.54, 1.807) is 18.0 Å². The minimum Gasteiger partial charge on any atom is -0.293 e. The van der Waals surface area contributed by atoms with Crippen molar-refractivity contribution in [1.29, 1.82) is 0 Å². The monoisotopic (exact) mass is 226 g/mol. The van der Waals surface area contributed by atoms with Crippen molar-refractivity contribution >= 4 is 17.5 Å². The number of aryl methyl sites for hydroxylation is 1. The molecule has 0 spiro atoms. The number of hydrogen-bond acceptors (Lipinski definition) is 3. The van der Waals surface area contributed by atoms with Crippen LogP contribution in [0.25, 0.3) is 0 Å². The second-order valence-corrected chi connectivity index (χ2v) is 4.57. The fraction of sp³-hybridized carbons (Fsp3) is 0.636. The summed E-state index contributed by atoms with van der Waals surface area (Å²) < 4.78 is 1.83. The molecule has 0 saturated carbocycles. The summed E-state index contributed by atoms with van der Waals surface area (Å²) in [6, 6.07) is 0. The average molecular weight is 226 g/mol. The van der Waals surface area contributed by atoms with Gasteiger partial charge in [0.15, 0.2) is 5.78 Å². The summed E-state index contributed by atoms with van der Waals surface area (Å²) >= 11 is 1.69. The molecule has 84 valence electrons. The first kappa shape index (κ1) is 12.3. The Morgan fingerprint density at radius 3 is 2.93 bits per heavy atom. The number of aromatic nitrogens is 2. The van der Waals surface area contributed by atoms with Crippen molar-refractivity contribution in [2.45, 2.75) is 33.2 Å². The Bertz CT molecular complexity index is 309. The van der Waals surface area contributed by atoms with Crippen molar-refractivity contribution in [3.05, 3.63) is 18.0 Å². The summed E-state index contributed by atoms with van der Waals surface area (Å²) in [5, 5.41) is 4.14. The molecule has 0 bridgehead atoms.